The van der Waals surface area contributed by atoms with Crippen LogP contribution in [0.2, 0.25) is 0 Å². The van der Waals surface area contributed by atoms with Gasteiger partial charge in [0.2, 0.25) is 16.4 Å². The molecule has 0 radical (unpaired) electrons. The van der Waals surface area contributed by atoms with Crippen molar-refractivity contribution in [1.82, 2.24) is 14.2 Å². The number of benzene rings is 1. The maximum atomic E-state index is 15.3. The Morgan fingerprint density at radius 2 is 1.91 bits per heavy atom. The summed E-state index contributed by atoms with van der Waals surface area (Å²) in [6, 6.07) is 8.34. The summed E-state index contributed by atoms with van der Waals surface area (Å²) in [7, 11) is -3.26. The van der Waals surface area contributed by atoms with E-state index in [-0.39, 0.29) is 23.5 Å². The number of nitrogens with zero attached hydrogens (tertiary/aromatic N) is 4. The lowest BCUT2D eigenvalue weighted by Crippen LogP contribution is -2.57. The third kappa shape index (κ3) is 5.25. The number of anilines is 2. The van der Waals surface area contributed by atoms with Crippen molar-refractivity contribution >= 4 is 27.8 Å². The molecule has 2 aromatic rings. The molecule has 0 aliphatic carbocycles. The van der Waals surface area contributed by atoms with Crippen LogP contribution in [0.4, 0.5) is 15.8 Å². The van der Waals surface area contributed by atoms with Crippen molar-refractivity contribution in [2.45, 2.75) is 46.3 Å². The van der Waals surface area contributed by atoms with Gasteiger partial charge in [-0.25, -0.2) is 17.8 Å². The van der Waals surface area contributed by atoms with Crippen molar-refractivity contribution in [3.63, 3.8) is 0 Å². The molecule has 3 rings (SSSR count). The Hall–Kier alpha value is -2.56. The number of carbonyl (C=O) groups excluding carboxylic acids is 1. The molecule has 0 spiro atoms. The third-order valence-electron chi connectivity index (χ3n) is 5.78. The van der Waals surface area contributed by atoms with Gasteiger partial charge in [-0.15, -0.1) is 0 Å². The lowest BCUT2D eigenvalue weighted by molar-refractivity contribution is -0.107. The number of carbonyl (C=O) groups is 1. The minimum absolute atomic E-state index is 0.0680. The summed E-state index contributed by atoms with van der Waals surface area (Å²) in [5, 5.41) is 1.17. The van der Waals surface area contributed by atoms with Crippen molar-refractivity contribution < 1.29 is 17.6 Å². The van der Waals surface area contributed by atoms with Crippen LogP contribution in [0.25, 0.3) is 0 Å². The molecule has 1 N–H and O–H groups in total. The second-order valence-electron chi connectivity index (χ2n) is 8.11. The van der Waals surface area contributed by atoms with E-state index in [1.807, 2.05) is 20.8 Å². The van der Waals surface area contributed by atoms with Crippen LogP contribution >= 0.6 is 0 Å². The second kappa shape index (κ2) is 9.93. The van der Waals surface area contributed by atoms with Gasteiger partial charge in [-0.3, -0.25) is 20.1 Å². The molecule has 0 bridgehead atoms. The molecule has 2 heterocycles. The fourth-order valence-corrected chi connectivity index (χ4v) is 5.15. The molecule has 32 heavy (non-hydrogen) atoms. The van der Waals surface area contributed by atoms with Gasteiger partial charge in [-0.2, -0.15) is 4.31 Å². The number of hydrazine groups is 1. The number of halogens is 1. The quantitative estimate of drug-likeness (QED) is 0.479. The topological polar surface area (TPSA) is 85.9 Å². The number of pyridine rings is 1. The van der Waals surface area contributed by atoms with Crippen molar-refractivity contribution in [2.24, 2.45) is 0 Å². The number of aromatic nitrogens is 1. The molecular formula is C22H30FN5O3S. The van der Waals surface area contributed by atoms with Crippen LogP contribution in [0, 0.1) is 12.7 Å². The SMILES string of the molecule is CCS(=O)(=O)N1C[C@@H](C)N(Cc2cccc(NN(C=O)c3ccc(C)nc3)c2F)[C@@H](C)C1. The maximum absolute atomic E-state index is 15.3. The molecule has 10 heteroatoms. The standard InChI is InChI=1S/C22H30FN5O3S/c1-5-32(30,31)26-12-17(3)27(18(4)13-26)14-19-7-6-8-21(22(19)23)25-28(15-29)20-10-9-16(2)24-11-20/h6-11,15,17-18,25H,5,12-14H2,1-4H3/t17-,18+. The van der Waals surface area contributed by atoms with Gasteiger partial charge in [0.05, 0.1) is 23.3 Å². The highest BCUT2D eigenvalue weighted by atomic mass is 32.2. The van der Waals surface area contributed by atoms with Crippen LogP contribution in [0.1, 0.15) is 32.0 Å². The van der Waals surface area contributed by atoms with Crippen molar-refractivity contribution in [2.75, 3.05) is 29.3 Å². The highest BCUT2D eigenvalue weighted by Gasteiger charge is 2.34. The molecule has 2 atom stereocenters. The summed E-state index contributed by atoms with van der Waals surface area (Å²) in [5.41, 5.74) is 4.75. The smallest absolute Gasteiger partial charge is 0.232 e. The third-order valence-corrected chi connectivity index (χ3v) is 7.59. The van der Waals surface area contributed by atoms with Gasteiger partial charge < -0.3 is 0 Å². The summed E-state index contributed by atoms with van der Waals surface area (Å²) in [6.45, 7) is 8.46. The highest BCUT2D eigenvalue weighted by Crippen LogP contribution is 2.26. The highest BCUT2D eigenvalue weighted by molar-refractivity contribution is 7.89. The van der Waals surface area contributed by atoms with E-state index < -0.39 is 15.8 Å². The summed E-state index contributed by atoms with van der Waals surface area (Å²) in [4.78, 5) is 17.8. The monoisotopic (exact) mass is 463 g/mol. The van der Waals surface area contributed by atoms with Gasteiger partial charge in [0.15, 0.2) is 5.82 Å². The van der Waals surface area contributed by atoms with E-state index in [1.54, 1.807) is 37.3 Å². The van der Waals surface area contributed by atoms with E-state index >= 15 is 4.39 Å². The molecule has 1 aliphatic heterocycles. The van der Waals surface area contributed by atoms with E-state index in [9.17, 15) is 13.2 Å². The maximum Gasteiger partial charge on any atom is 0.232 e. The van der Waals surface area contributed by atoms with Crippen LogP contribution < -0.4 is 10.4 Å². The lowest BCUT2D eigenvalue weighted by Gasteiger charge is -2.43. The minimum atomic E-state index is -3.26. The van der Waals surface area contributed by atoms with Gasteiger partial charge in [-0.05, 0) is 45.9 Å². The number of rotatable bonds is 8. The summed E-state index contributed by atoms with van der Waals surface area (Å²) < 4.78 is 41.4. The summed E-state index contributed by atoms with van der Waals surface area (Å²) >= 11 is 0. The summed E-state index contributed by atoms with van der Waals surface area (Å²) in [5.74, 6) is -0.388. The zero-order valence-electron chi connectivity index (χ0n) is 18.8. The van der Waals surface area contributed by atoms with Crippen molar-refractivity contribution in [1.29, 1.82) is 0 Å². The predicted molar refractivity (Wildman–Crippen MR) is 123 cm³/mol. The Morgan fingerprint density at radius 3 is 2.47 bits per heavy atom. The zero-order valence-corrected chi connectivity index (χ0v) is 19.6. The normalized spacial score (nSPS) is 20.2. The van der Waals surface area contributed by atoms with E-state index in [2.05, 4.69) is 15.3 Å². The number of hydrogen-bond donors (Lipinski definition) is 1. The first-order chi connectivity index (χ1) is 15.2. The van der Waals surface area contributed by atoms with Gasteiger partial charge >= 0.3 is 0 Å². The first-order valence-corrected chi connectivity index (χ1v) is 12.2. The number of sulfonamides is 1. The van der Waals surface area contributed by atoms with Crippen LogP contribution in [0.15, 0.2) is 36.5 Å². The van der Waals surface area contributed by atoms with E-state index in [0.29, 0.717) is 37.3 Å². The molecular weight excluding hydrogens is 433 g/mol. The van der Waals surface area contributed by atoms with E-state index in [1.165, 1.54) is 15.5 Å². The number of aryl methyl sites for hydroxylation is 1. The average Bonchev–Trinajstić information content (AvgIpc) is 2.77. The minimum Gasteiger partial charge on any atom is -0.291 e. The molecule has 1 aliphatic rings. The van der Waals surface area contributed by atoms with E-state index in [0.717, 1.165) is 5.69 Å². The second-order valence-corrected chi connectivity index (χ2v) is 10.4. The first kappa shape index (κ1) is 24.1. The van der Waals surface area contributed by atoms with Gasteiger partial charge in [0, 0.05) is 43.0 Å². The van der Waals surface area contributed by atoms with E-state index in [4.69, 9.17) is 0 Å². The van der Waals surface area contributed by atoms with Crippen molar-refractivity contribution in [3.05, 3.63) is 53.6 Å². The van der Waals surface area contributed by atoms with Crippen LogP contribution in [-0.4, -0.2) is 59.9 Å². The number of amides is 1. The van der Waals surface area contributed by atoms with Gasteiger partial charge in [0.25, 0.3) is 0 Å². The number of nitrogens with one attached hydrogen (secondary N) is 1. The Labute approximate surface area is 189 Å². The summed E-state index contributed by atoms with van der Waals surface area (Å²) in [6.07, 6.45) is 2.10. The predicted octanol–water partition coefficient (Wildman–Crippen LogP) is 2.76. The molecule has 0 saturated carbocycles. The fourth-order valence-electron chi connectivity index (χ4n) is 3.90. The van der Waals surface area contributed by atoms with Crippen LogP contribution in [-0.2, 0) is 21.4 Å². The number of piperazine rings is 1. The van der Waals surface area contributed by atoms with Crippen LogP contribution in [0.5, 0.6) is 0 Å². The molecule has 174 valence electrons. The Balaban J connectivity index is 1.77. The zero-order chi connectivity index (χ0) is 23.5. The first-order valence-electron chi connectivity index (χ1n) is 10.6. The Bertz CT molecular complexity index is 1040. The van der Waals surface area contributed by atoms with Gasteiger partial charge in [-0.1, -0.05) is 12.1 Å². The fraction of sp³-hybridized carbons (Fsp3) is 0.455. The molecule has 1 aromatic carbocycles. The Kier molecular flexibility index (Phi) is 7.47. The Morgan fingerprint density at radius 1 is 1.22 bits per heavy atom. The van der Waals surface area contributed by atoms with Crippen LogP contribution in [0.3, 0.4) is 0 Å². The molecule has 8 nitrogen and oxygen atoms in total. The van der Waals surface area contributed by atoms with Gasteiger partial charge in [0.1, 0.15) is 0 Å². The lowest BCUT2D eigenvalue weighted by atomic mass is 10.1. The number of hydrogen-bond acceptors (Lipinski definition) is 6. The average molecular weight is 464 g/mol. The molecule has 1 fully saturated rings. The molecule has 0 unspecified atom stereocenters. The molecule has 1 saturated heterocycles. The van der Waals surface area contributed by atoms with Crippen molar-refractivity contribution in [3.8, 4) is 0 Å². The molecule has 1 amide bonds. The molecule has 1 aromatic heterocycles. The largest absolute Gasteiger partial charge is 0.291 e.